The van der Waals surface area contributed by atoms with Gasteiger partial charge in [0.25, 0.3) is 10.2 Å². The topological polar surface area (TPSA) is 49.9 Å². The van der Waals surface area contributed by atoms with Crippen LogP contribution in [-0.2, 0) is 14.9 Å². The number of rotatable bonds is 5. The number of nitrogens with zero attached hydrogens (tertiary/aromatic N) is 2. The van der Waals surface area contributed by atoms with E-state index < -0.39 is 10.2 Å². The average Bonchev–Trinajstić information content (AvgIpc) is 2.45. The lowest BCUT2D eigenvalue weighted by Crippen LogP contribution is -2.55. The van der Waals surface area contributed by atoms with Crippen LogP contribution in [0.5, 0.6) is 0 Å². The summed E-state index contributed by atoms with van der Waals surface area (Å²) in [5.41, 5.74) is 0. The normalized spacial score (nSPS) is 32.3. The van der Waals surface area contributed by atoms with Crippen molar-refractivity contribution in [2.45, 2.75) is 45.1 Å². The molecule has 0 bridgehead atoms. The summed E-state index contributed by atoms with van der Waals surface area (Å²) in [5.74, 6) is 1.19. The molecule has 5 nitrogen and oxygen atoms in total. The minimum absolute atomic E-state index is 0.211. The molecule has 0 aromatic heterocycles. The Morgan fingerprint density at radius 3 is 2.65 bits per heavy atom. The van der Waals surface area contributed by atoms with Crippen LogP contribution in [-0.4, -0.2) is 56.9 Å². The van der Waals surface area contributed by atoms with Crippen LogP contribution in [0.2, 0.25) is 0 Å². The van der Waals surface area contributed by atoms with Crippen LogP contribution >= 0.6 is 0 Å². The van der Waals surface area contributed by atoms with Crippen molar-refractivity contribution in [3.05, 3.63) is 0 Å². The summed E-state index contributed by atoms with van der Waals surface area (Å²) >= 11 is 0. The molecule has 2 aliphatic rings. The first kappa shape index (κ1) is 16.2. The minimum atomic E-state index is -3.34. The minimum Gasteiger partial charge on any atom is -0.383 e. The lowest BCUT2D eigenvalue weighted by atomic mass is 9.74. The summed E-state index contributed by atoms with van der Waals surface area (Å²) in [6.07, 6.45) is 5.59. The number of hydrogen-bond donors (Lipinski definition) is 0. The molecule has 1 saturated carbocycles. The van der Waals surface area contributed by atoms with E-state index in [1.54, 1.807) is 18.5 Å². The van der Waals surface area contributed by atoms with Crippen molar-refractivity contribution in [1.82, 2.24) is 8.61 Å². The Bertz CT molecular complexity index is 413. The number of ether oxygens (including phenoxy) is 1. The maximum atomic E-state index is 12.7. The van der Waals surface area contributed by atoms with E-state index in [0.29, 0.717) is 31.5 Å². The van der Waals surface area contributed by atoms with Crippen molar-refractivity contribution in [3.63, 3.8) is 0 Å². The van der Waals surface area contributed by atoms with Gasteiger partial charge in [-0.25, -0.2) is 0 Å². The van der Waals surface area contributed by atoms with E-state index >= 15 is 0 Å². The molecular weight excluding hydrogens is 276 g/mol. The van der Waals surface area contributed by atoms with Gasteiger partial charge in [-0.15, -0.1) is 0 Å². The van der Waals surface area contributed by atoms with E-state index in [2.05, 4.69) is 6.92 Å². The van der Waals surface area contributed by atoms with Gasteiger partial charge in [-0.2, -0.15) is 17.0 Å². The molecule has 1 aliphatic heterocycles. The summed E-state index contributed by atoms with van der Waals surface area (Å²) in [6.45, 7) is 3.81. The number of fused-ring (bicyclic) bond motifs is 1. The molecule has 1 heterocycles. The first-order chi connectivity index (χ1) is 9.48. The molecule has 0 amide bonds. The van der Waals surface area contributed by atoms with Gasteiger partial charge >= 0.3 is 0 Å². The second-order valence-corrected chi connectivity index (χ2v) is 8.20. The molecule has 0 N–H and O–H groups in total. The zero-order valence-electron chi connectivity index (χ0n) is 12.9. The van der Waals surface area contributed by atoms with Gasteiger partial charge in [0.1, 0.15) is 0 Å². The van der Waals surface area contributed by atoms with E-state index in [-0.39, 0.29) is 6.04 Å². The van der Waals surface area contributed by atoms with Gasteiger partial charge in [-0.3, -0.25) is 0 Å². The molecule has 118 valence electrons. The molecule has 20 heavy (non-hydrogen) atoms. The predicted molar refractivity (Wildman–Crippen MR) is 79.7 cm³/mol. The van der Waals surface area contributed by atoms with Gasteiger partial charge in [-0.05, 0) is 31.1 Å². The zero-order valence-corrected chi connectivity index (χ0v) is 13.7. The van der Waals surface area contributed by atoms with Crippen LogP contribution in [0.3, 0.4) is 0 Å². The summed E-state index contributed by atoms with van der Waals surface area (Å²) in [5, 5.41) is 0. The van der Waals surface area contributed by atoms with Gasteiger partial charge in [0.15, 0.2) is 0 Å². The third-order valence-corrected chi connectivity index (χ3v) is 7.00. The summed E-state index contributed by atoms with van der Waals surface area (Å²) < 4.78 is 33.7. The molecule has 1 aliphatic carbocycles. The Morgan fingerprint density at radius 2 is 1.95 bits per heavy atom. The lowest BCUT2D eigenvalue weighted by molar-refractivity contribution is 0.0773. The molecule has 0 spiro atoms. The molecule has 0 unspecified atom stereocenters. The maximum absolute atomic E-state index is 12.7. The SMILES string of the molecule is COCCN(C)S(=O)(=O)N1CC[C@H](C)[C@H]2CCCC[C@H]21. The number of methoxy groups -OCH3 is 1. The van der Waals surface area contributed by atoms with Crippen LogP contribution in [0.1, 0.15) is 39.0 Å². The molecule has 2 rings (SSSR count). The molecule has 0 aromatic carbocycles. The van der Waals surface area contributed by atoms with Crippen molar-refractivity contribution in [3.8, 4) is 0 Å². The molecule has 6 heteroatoms. The van der Waals surface area contributed by atoms with Gasteiger partial charge < -0.3 is 4.74 Å². The zero-order chi connectivity index (χ0) is 14.8. The summed E-state index contributed by atoms with van der Waals surface area (Å²) in [7, 11) is -0.0870. The van der Waals surface area contributed by atoms with Gasteiger partial charge in [0.05, 0.1) is 6.61 Å². The fourth-order valence-electron chi connectivity index (χ4n) is 3.67. The van der Waals surface area contributed by atoms with E-state index in [0.717, 1.165) is 19.3 Å². The van der Waals surface area contributed by atoms with Crippen molar-refractivity contribution >= 4 is 10.2 Å². The van der Waals surface area contributed by atoms with E-state index in [4.69, 9.17) is 4.74 Å². The quantitative estimate of drug-likeness (QED) is 0.777. The van der Waals surface area contributed by atoms with Crippen molar-refractivity contribution in [1.29, 1.82) is 0 Å². The molecular formula is C14H28N2O3S. The van der Waals surface area contributed by atoms with Crippen molar-refractivity contribution in [2.75, 3.05) is 33.9 Å². The Labute approximate surface area is 123 Å². The fraction of sp³-hybridized carbons (Fsp3) is 1.00. The van der Waals surface area contributed by atoms with Gasteiger partial charge in [0, 0.05) is 33.3 Å². The van der Waals surface area contributed by atoms with Crippen LogP contribution in [0.15, 0.2) is 0 Å². The van der Waals surface area contributed by atoms with Gasteiger partial charge in [0.2, 0.25) is 0 Å². The standard InChI is InChI=1S/C14H28N2O3S/c1-12-8-9-16(14-7-5-4-6-13(12)14)20(17,18)15(2)10-11-19-3/h12-14H,4-11H2,1-3H3/t12-,13+,14+/m0/s1. The smallest absolute Gasteiger partial charge is 0.282 e. The van der Waals surface area contributed by atoms with Crippen LogP contribution in [0.25, 0.3) is 0 Å². The third kappa shape index (κ3) is 3.18. The molecule has 0 radical (unpaired) electrons. The number of hydrogen-bond acceptors (Lipinski definition) is 3. The maximum Gasteiger partial charge on any atom is 0.282 e. The predicted octanol–water partition coefficient (Wildman–Crippen LogP) is 1.71. The van der Waals surface area contributed by atoms with Crippen LogP contribution in [0, 0.1) is 11.8 Å². The second kappa shape index (κ2) is 6.73. The Morgan fingerprint density at radius 1 is 1.25 bits per heavy atom. The lowest BCUT2D eigenvalue weighted by Gasteiger charge is -2.47. The van der Waals surface area contributed by atoms with E-state index in [1.165, 1.54) is 17.1 Å². The van der Waals surface area contributed by atoms with E-state index in [1.807, 2.05) is 0 Å². The molecule has 3 atom stereocenters. The van der Waals surface area contributed by atoms with E-state index in [9.17, 15) is 8.42 Å². The van der Waals surface area contributed by atoms with Crippen molar-refractivity contribution in [2.24, 2.45) is 11.8 Å². The molecule has 2 fully saturated rings. The third-order valence-electron chi connectivity index (χ3n) is 4.99. The van der Waals surface area contributed by atoms with Crippen LogP contribution in [0.4, 0.5) is 0 Å². The largest absolute Gasteiger partial charge is 0.383 e. The first-order valence-corrected chi connectivity index (χ1v) is 9.10. The van der Waals surface area contributed by atoms with Crippen LogP contribution < -0.4 is 0 Å². The Hall–Kier alpha value is -0.170. The fourth-order valence-corrected chi connectivity index (χ4v) is 5.28. The molecule has 1 saturated heterocycles. The first-order valence-electron chi connectivity index (χ1n) is 7.70. The highest BCUT2D eigenvalue weighted by Crippen LogP contribution is 2.40. The number of likely N-dealkylation sites (N-methyl/N-ethyl adjacent to an activating group) is 1. The van der Waals surface area contributed by atoms with Gasteiger partial charge in [-0.1, -0.05) is 19.8 Å². The summed E-state index contributed by atoms with van der Waals surface area (Å²) in [4.78, 5) is 0. The average molecular weight is 304 g/mol. The molecule has 0 aromatic rings. The number of piperidine rings is 1. The Kier molecular flexibility index (Phi) is 5.45. The summed E-state index contributed by atoms with van der Waals surface area (Å²) in [6, 6.07) is 0.211. The highest BCUT2D eigenvalue weighted by atomic mass is 32.2. The highest BCUT2D eigenvalue weighted by molar-refractivity contribution is 7.86. The second-order valence-electron chi connectivity index (χ2n) is 6.21. The highest BCUT2D eigenvalue weighted by Gasteiger charge is 2.43. The van der Waals surface area contributed by atoms with Crippen molar-refractivity contribution < 1.29 is 13.2 Å². The Balaban J connectivity index is 2.13. The monoisotopic (exact) mass is 304 g/mol.